The van der Waals surface area contributed by atoms with E-state index in [1.165, 1.54) is 0 Å². The summed E-state index contributed by atoms with van der Waals surface area (Å²) < 4.78 is 10.5. The highest BCUT2D eigenvalue weighted by molar-refractivity contribution is 6.31. The zero-order chi connectivity index (χ0) is 12.8. The molecule has 2 N–H and O–H groups in total. The van der Waals surface area contributed by atoms with Gasteiger partial charge in [-0.1, -0.05) is 18.5 Å². The lowest BCUT2D eigenvalue weighted by molar-refractivity contribution is 0.354. The molecule has 4 heteroatoms. The summed E-state index contributed by atoms with van der Waals surface area (Å²) in [6, 6.07) is 3.74. The fraction of sp³-hybridized carbons (Fsp3) is 0.538. The lowest BCUT2D eigenvalue weighted by Crippen LogP contribution is -2.08. The van der Waals surface area contributed by atoms with E-state index in [2.05, 4.69) is 6.92 Å². The van der Waals surface area contributed by atoms with E-state index in [1.54, 1.807) is 20.3 Å². The number of halogens is 1. The summed E-state index contributed by atoms with van der Waals surface area (Å²) in [6.07, 6.45) is 1.89. The standard InChI is InChI=1S/C13H20ClNO2/c1-9(4-5-15)6-10-7-12(16-2)13(17-3)8-11(10)14/h7-9H,4-6,15H2,1-3H3. The van der Waals surface area contributed by atoms with Crippen molar-refractivity contribution in [3.05, 3.63) is 22.7 Å². The molecule has 1 aromatic rings. The maximum Gasteiger partial charge on any atom is 0.162 e. The molecular weight excluding hydrogens is 238 g/mol. The Morgan fingerprint density at radius 3 is 2.35 bits per heavy atom. The monoisotopic (exact) mass is 257 g/mol. The highest BCUT2D eigenvalue weighted by Crippen LogP contribution is 2.34. The zero-order valence-corrected chi connectivity index (χ0v) is 11.4. The van der Waals surface area contributed by atoms with Crippen molar-refractivity contribution in [1.82, 2.24) is 0 Å². The molecule has 3 nitrogen and oxygen atoms in total. The van der Waals surface area contributed by atoms with Crippen LogP contribution in [-0.4, -0.2) is 20.8 Å². The molecule has 0 spiro atoms. The molecule has 0 aliphatic carbocycles. The fourth-order valence-electron chi connectivity index (χ4n) is 1.81. The molecule has 0 aromatic heterocycles. The predicted octanol–water partition coefficient (Wildman–Crippen LogP) is 2.88. The second kappa shape index (κ2) is 6.72. The lowest BCUT2D eigenvalue weighted by atomic mass is 9.98. The van der Waals surface area contributed by atoms with Crippen LogP contribution in [0.25, 0.3) is 0 Å². The van der Waals surface area contributed by atoms with Crippen LogP contribution in [0.4, 0.5) is 0 Å². The van der Waals surface area contributed by atoms with Crippen LogP contribution in [0, 0.1) is 5.92 Å². The summed E-state index contributed by atoms with van der Waals surface area (Å²) in [4.78, 5) is 0. The van der Waals surface area contributed by atoms with E-state index in [0.29, 0.717) is 29.0 Å². The van der Waals surface area contributed by atoms with Crippen molar-refractivity contribution in [2.75, 3.05) is 20.8 Å². The SMILES string of the molecule is COc1cc(Cl)c(CC(C)CCN)cc1OC. The van der Waals surface area contributed by atoms with E-state index in [-0.39, 0.29) is 0 Å². The molecule has 0 aliphatic rings. The van der Waals surface area contributed by atoms with Gasteiger partial charge in [0.2, 0.25) is 0 Å². The Labute approximate surface area is 108 Å². The highest BCUT2D eigenvalue weighted by atomic mass is 35.5. The normalized spacial score (nSPS) is 12.3. The van der Waals surface area contributed by atoms with E-state index in [1.807, 2.05) is 6.07 Å². The minimum Gasteiger partial charge on any atom is -0.493 e. The average Bonchev–Trinajstić information content (AvgIpc) is 2.31. The first-order chi connectivity index (χ1) is 8.12. The quantitative estimate of drug-likeness (QED) is 0.852. The van der Waals surface area contributed by atoms with Crippen molar-refractivity contribution in [1.29, 1.82) is 0 Å². The first kappa shape index (κ1) is 14.1. The summed E-state index contributed by atoms with van der Waals surface area (Å²) in [5.41, 5.74) is 6.62. The number of hydrogen-bond donors (Lipinski definition) is 1. The Balaban J connectivity index is 2.92. The Morgan fingerprint density at radius 1 is 1.24 bits per heavy atom. The van der Waals surface area contributed by atoms with Crippen molar-refractivity contribution in [2.24, 2.45) is 11.7 Å². The van der Waals surface area contributed by atoms with Crippen LogP contribution >= 0.6 is 11.6 Å². The first-order valence-corrected chi connectivity index (χ1v) is 6.10. The zero-order valence-electron chi connectivity index (χ0n) is 10.6. The fourth-order valence-corrected chi connectivity index (χ4v) is 2.05. The van der Waals surface area contributed by atoms with Gasteiger partial charge in [-0.05, 0) is 36.9 Å². The maximum atomic E-state index is 6.21. The van der Waals surface area contributed by atoms with E-state index in [9.17, 15) is 0 Å². The molecule has 0 radical (unpaired) electrons. The number of methoxy groups -OCH3 is 2. The Hall–Kier alpha value is -0.930. The average molecular weight is 258 g/mol. The van der Waals surface area contributed by atoms with Gasteiger partial charge in [0.25, 0.3) is 0 Å². The molecule has 0 aliphatic heterocycles. The molecule has 0 amide bonds. The van der Waals surface area contributed by atoms with Crippen LogP contribution in [-0.2, 0) is 6.42 Å². The Bertz CT molecular complexity index is 369. The predicted molar refractivity (Wildman–Crippen MR) is 71.1 cm³/mol. The van der Waals surface area contributed by atoms with Crippen molar-refractivity contribution in [2.45, 2.75) is 19.8 Å². The van der Waals surface area contributed by atoms with Gasteiger partial charge < -0.3 is 15.2 Å². The van der Waals surface area contributed by atoms with E-state index in [4.69, 9.17) is 26.8 Å². The van der Waals surface area contributed by atoms with E-state index in [0.717, 1.165) is 18.4 Å². The molecule has 1 unspecified atom stereocenters. The number of nitrogens with two attached hydrogens (primary N) is 1. The van der Waals surface area contributed by atoms with Crippen LogP contribution in [0.3, 0.4) is 0 Å². The summed E-state index contributed by atoms with van der Waals surface area (Å²) in [5, 5.41) is 0.714. The van der Waals surface area contributed by atoms with E-state index < -0.39 is 0 Å². The van der Waals surface area contributed by atoms with Gasteiger partial charge in [-0.2, -0.15) is 0 Å². The van der Waals surface area contributed by atoms with Crippen molar-refractivity contribution in [3.8, 4) is 11.5 Å². The summed E-state index contributed by atoms with van der Waals surface area (Å²) in [5.74, 6) is 1.88. The van der Waals surface area contributed by atoms with Gasteiger partial charge in [0.05, 0.1) is 14.2 Å². The van der Waals surface area contributed by atoms with Crippen LogP contribution < -0.4 is 15.2 Å². The van der Waals surface area contributed by atoms with Crippen molar-refractivity contribution < 1.29 is 9.47 Å². The van der Waals surface area contributed by atoms with Crippen molar-refractivity contribution in [3.63, 3.8) is 0 Å². The maximum absolute atomic E-state index is 6.21. The molecule has 0 bridgehead atoms. The molecular formula is C13H20ClNO2. The van der Waals surface area contributed by atoms with Gasteiger partial charge in [0, 0.05) is 11.1 Å². The molecule has 1 rings (SSSR count). The molecule has 0 saturated heterocycles. The smallest absolute Gasteiger partial charge is 0.162 e. The topological polar surface area (TPSA) is 44.5 Å². The third-order valence-corrected chi connectivity index (χ3v) is 3.13. The molecule has 0 heterocycles. The minimum absolute atomic E-state index is 0.510. The van der Waals surface area contributed by atoms with E-state index >= 15 is 0 Å². The highest BCUT2D eigenvalue weighted by Gasteiger charge is 2.12. The van der Waals surface area contributed by atoms with Gasteiger partial charge in [0.1, 0.15) is 0 Å². The molecule has 0 fully saturated rings. The number of rotatable bonds is 6. The van der Waals surface area contributed by atoms with Gasteiger partial charge in [-0.3, -0.25) is 0 Å². The van der Waals surface area contributed by atoms with Crippen LogP contribution in [0.5, 0.6) is 11.5 Å². The lowest BCUT2D eigenvalue weighted by Gasteiger charge is -2.14. The number of ether oxygens (including phenoxy) is 2. The molecule has 0 saturated carbocycles. The van der Waals surface area contributed by atoms with Crippen LogP contribution in [0.15, 0.2) is 12.1 Å². The molecule has 1 aromatic carbocycles. The number of benzene rings is 1. The Kier molecular flexibility index (Phi) is 5.59. The molecule has 17 heavy (non-hydrogen) atoms. The van der Waals surface area contributed by atoms with Gasteiger partial charge in [-0.25, -0.2) is 0 Å². The Morgan fingerprint density at radius 2 is 1.82 bits per heavy atom. The van der Waals surface area contributed by atoms with Crippen molar-refractivity contribution >= 4 is 11.6 Å². The molecule has 96 valence electrons. The van der Waals surface area contributed by atoms with Gasteiger partial charge in [-0.15, -0.1) is 0 Å². The van der Waals surface area contributed by atoms with Crippen LogP contribution in [0.2, 0.25) is 5.02 Å². The largest absolute Gasteiger partial charge is 0.493 e. The molecule has 1 atom stereocenters. The minimum atomic E-state index is 0.510. The third kappa shape index (κ3) is 3.79. The first-order valence-electron chi connectivity index (χ1n) is 5.72. The van der Waals surface area contributed by atoms with Gasteiger partial charge in [0.15, 0.2) is 11.5 Å². The third-order valence-electron chi connectivity index (χ3n) is 2.78. The summed E-state index contributed by atoms with van der Waals surface area (Å²) >= 11 is 6.21. The second-order valence-electron chi connectivity index (χ2n) is 4.19. The summed E-state index contributed by atoms with van der Waals surface area (Å²) in [6.45, 7) is 2.87. The van der Waals surface area contributed by atoms with Gasteiger partial charge >= 0.3 is 0 Å². The second-order valence-corrected chi connectivity index (χ2v) is 4.59. The van der Waals surface area contributed by atoms with Crippen LogP contribution in [0.1, 0.15) is 18.9 Å². The summed E-state index contributed by atoms with van der Waals surface area (Å²) in [7, 11) is 3.23. The number of hydrogen-bond acceptors (Lipinski definition) is 3.